The Kier molecular flexibility index (Phi) is 20.1. The Balaban J connectivity index is 0.000000115. The predicted octanol–water partition coefficient (Wildman–Crippen LogP) is 35.8. The summed E-state index contributed by atoms with van der Waals surface area (Å²) < 4.78 is 7.23. The second-order valence-corrected chi connectivity index (χ2v) is 38.8. The Morgan fingerprint density at radius 3 is 0.573 bits per heavy atom. The lowest BCUT2D eigenvalue weighted by molar-refractivity contribution is 0.569. The lowest BCUT2D eigenvalue weighted by Gasteiger charge is -2.27. The first-order valence-corrected chi connectivity index (χ1v) is 46.2. The van der Waals surface area contributed by atoms with Crippen LogP contribution in [0.25, 0.3) is 214 Å². The standard InChI is InChI=1S/C46H41N.C42H33N.C40H29N/c1-45(2,3)32-26-31(27-33(29-32)46(4,5)6)44-39-22-9-7-20-37(39)43(38-21-8-10-23-40(38)44)30-16-15-17-34(28-30)47-41-24-13-11-18-35(41)36-19-12-14-25-42(36)47;1-42(2,3)30-25-23-28(24-26-30)40-34-17-4-6-19-36(34)41(37-20-7-5-18-35(37)40)29-13-12-14-31(27-29)43-38-21-10-8-15-32(38)33-16-9-11-22-39(33)43;1-26-22-27(2)24-29(23-26)40-35-18-5-3-16-33(35)39(34-17-4-6-19-36(34)40)28-12-11-13-30(25-28)41-37-20-9-7-14-31(37)32-15-8-10-21-38(32)41/h7-29H,1-6H3;4-27H,1-3H3;3-25H,1-2H3. The molecule has 3 nitrogen and oxygen atoms in total. The average Bonchev–Trinajstić information content (AvgIpc) is 1.58. The van der Waals surface area contributed by atoms with E-state index in [9.17, 15) is 0 Å². The van der Waals surface area contributed by atoms with Crippen LogP contribution < -0.4 is 0 Å². The molecule has 21 aromatic carbocycles. The van der Waals surface area contributed by atoms with E-state index in [0.717, 1.165) is 0 Å². The summed E-state index contributed by atoms with van der Waals surface area (Å²) in [4.78, 5) is 0. The molecule has 0 aliphatic rings. The molecule has 3 heteroatoms. The van der Waals surface area contributed by atoms with E-state index in [0.29, 0.717) is 0 Å². The number of aryl methyl sites for hydroxylation is 2. The highest BCUT2D eigenvalue weighted by Gasteiger charge is 2.28. The summed E-state index contributed by atoms with van der Waals surface area (Å²) in [7, 11) is 0. The Hall–Kier alpha value is -15.4. The van der Waals surface area contributed by atoms with Gasteiger partial charge in [0.1, 0.15) is 0 Å². The van der Waals surface area contributed by atoms with Crippen molar-refractivity contribution in [3.05, 3.63) is 452 Å². The number of aromatic nitrogens is 3. The Morgan fingerprint density at radius 1 is 0.145 bits per heavy atom. The van der Waals surface area contributed by atoms with Crippen molar-refractivity contribution in [3.63, 3.8) is 0 Å². The summed E-state index contributed by atoms with van der Waals surface area (Å²) >= 11 is 0. The van der Waals surface area contributed by atoms with Gasteiger partial charge in [-0.1, -0.05) is 425 Å². The number of rotatable bonds is 9. The van der Waals surface area contributed by atoms with Gasteiger partial charge in [0.15, 0.2) is 0 Å². The van der Waals surface area contributed by atoms with Gasteiger partial charge in [0.25, 0.3) is 0 Å². The lowest BCUT2D eigenvalue weighted by atomic mass is 9.77. The molecule has 0 radical (unpaired) electrons. The molecule has 0 N–H and O–H groups in total. The quantitative estimate of drug-likeness (QED) is 0.128. The van der Waals surface area contributed by atoms with Crippen molar-refractivity contribution in [1.29, 1.82) is 0 Å². The van der Waals surface area contributed by atoms with Crippen LogP contribution in [0.15, 0.2) is 425 Å². The van der Waals surface area contributed by atoms with Gasteiger partial charge in [-0.25, -0.2) is 0 Å². The summed E-state index contributed by atoms with van der Waals surface area (Å²) in [5.74, 6) is 0. The van der Waals surface area contributed by atoms with E-state index in [2.05, 4.69) is 515 Å². The van der Waals surface area contributed by atoms with Crippen molar-refractivity contribution in [2.45, 2.75) is 92.4 Å². The highest BCUT2D eigenvalue weighted by Crippen LogP contribution is 2.51. The minimum atomic E-state index is 0.0365. The zero-order valence-electron chi connectivity index (χ0n) is 76.3. The molecule has 24 rings (SSSR count). The first-order chi connectivity index (χ1) is 63.7. The van der Waals surface area contributed by atoms with Crippen molar-refractivity contribution in [1.82, 2.24) is 13.7 Å². The normalized spacial score (nSPS) is 12.1. The molecule has 0 aliphatic carbocycles. The van der Waals surface area contributed by atoms with E-state index < -0.39 is 0 Å². The number of hydrogen-bond donors (Lipinski definition) is 0. The summed E-state index contributed by atoms with van der Waals surface area (Å²) in [6.07, 6.45) is 0. The number of nitrogens with zero attached hydrogens (tertiary/aromatic N) is 3. The van der Waals surface area contributed by atoms with Crippen molar-refractivity contribution in [2.75, 3.05) is 0 Å². The van der Waals surface area contributed by atoms with Crippen molar-refractivity contribution in [2.24, 2.45) is 0 Å². The van der Waals surface area contributed by atoms with Gasteiger partial charge in [-0.15, -0.1) is 0 Å². The molecule has 0 spiro atoms. The Bertz CT molecular complexity index is 8290. The predicted molar refractivity (Wildman–Crippen MR) is 566 cm³/mol. The first-order valence-electron chi connectivity index (χ1n) is 46.2. The van der Waals surface area contributed by atoms with Crippen molar-refractivity contribution < 1.29 is 0 Å². The molecule has 0 fully saturated rings. The largest absolute Gasteiger partial charge is 0.309 e. The van der Waals surface area contributed by atoms with Gasteiger partial charge < -0.3 is 13.7 Å². The molecule has 131 heavy (non-hydrogen) atoms. The van der Waals surface area contributed by atoms with E-state index in [1.165, 1.54) is 242 Å². The zero-order valence-corrected chi connectivity index (χ0v) is 76.3. The fourth-order valence-corrected chi connectivity index (χ4v) is 21.1. The van der Waals surface area contributed by atoms with Gasteiger partial charge in [-0.3, -0.25) is 0 Å². The van der Waals surface area contributed by atoms with Gasteiger partial charge in [-0.05, 0) is 251 Å². The molecule has 0 saturated heterocycles. The third-order valence-corrected chi connectivity index (χ3v) is 27.2. The van der Waals surface area contributed by atoms with E-state index in [1.807, 2.05) is 0 Å². The molecular formula is C128H103N3. The summed E-state index contributed by atoms with van der Waals surface area (Å²) in [5.41, 5.74) is 33.0. The molecular weight excluding hydrogens is 1580 g/mol. The van der Waals surface area contributed by atoms with Crippen LogP contribution in [0.4, 0.5) is 0 Å². The van der Waals surface area contributed by atoms with Crippen LogP contribution in [0, 0.1) is 13.8 Å². The van der Waals surface area contributed by atoms with Crippen molar-refractivity contribution >= 4 is 130 Å². The van der Waals surface area contributed by atoms with E-state index in [-0.39, 0.29) is 16.2 Å². The van der Waals surface area contributed by atoms with Crippen LogP contribution in [-0.4, -0.2) is 13.7 Å². The van der Waals surface area contributed by atoms with Crippen LogP contribution in [0.1, 0.15) is 90.1 Å². The average molecular weight is 1680 g/mol. The molecule has 3 heterocycles. The highest BCUT2D eigenvalue weighted by atomic mass is 15.0. The van der Waals surface area contributed by atoms with E-state index in [1.54, 1.807) is 0 Å². The molecule has 0 unspecified atom stereocenters. The van der Waals surface area contributed by atoms with Gasteiger partial charge in [0.05, 0.1) is 33.1 Å². The third kappa shape index (κ3) is 14.3. The second kappa shape index (κ2) is 32.4. The summed E-state index contributed by atoms with van der Waals surface area (Å²) in [6, 6.07) is 157. The maximum atomic E-state index is 2.44. The topological polar surface area (TPSA) is 14.8 Å². The van der Waals surface area contributed by atoms with Crippen LogP contribution in [0.5, 0.6) is 0 Å². The fraction of sp³-hybridized carbons (Fsp3) is 0.109. The number of benzene rings is 21. The molecule has 0 aliphatic heterocycles. The number of hydrogen-bond acceptors (Lipinski definition) is 0. The van der Waals surface area contributed by atoms with Crippen LogP contribution >= 0.6 is 0 Å². The van der Waals surface area contributed by atoms with E-state index >= 15 is 0 Å². The van der Waals surface area contributed by atoms with Gasteiger partial charge in [0, 0.05) is 49.4 Å². The number of para-hydroxylation sites is 6. The van der Waals surface area contributed by atoms with Gasteiger partial charge in [-0.2, -0.15) is 0 Å². The van der Waals surface area contributed by atoms with Gasteiger partial charge in [0.2, 0.25) is 0 Å². The van der Waals surface area contributed by atoms with Crippen molar-refractivity contribution in [3.8, 4) is 83.8 Å². The minimum absolute atomic E-state index is 0.0365. The van der Waals surface area contributed by atoms with Crippen LogP contribution in [0.3, 0.4) is 0 Å². The lowest BCUT2D eigenvalue weighted by Crippen LogP contribution is -2.16. The van der Waals surface area contributed by atoms with Gasteiger partial charge >= 0.3 is 0 Å². The molecule has 0 saturated carbocycles. The smallest absolute Gasteiger partial charge is 0.0541 e. The molecule has 24 aromatic rings. The fourth-order valence-electron chi connectivity index (χ4n) is 21.1. The Labute approximate surface area is 767 Å². The van der Waals surface area contributed by atoms with Crippen LogP contribution in [0.2, 0.25) is 0 Å². The molecule has 0 amide bonds. The summed E-state index contributed by atoms with van der Waals surface area (Å²) in [5, 5.41) is 23.0. The minimum Gasteiger partial charge on any atom is -0.309 e. The molecule has 630 valence electrons. The second-order valence-electron chi connectivity index (χ2n) is 38.8. The maximum absolute atomic E-state index is 2.44. The molecule has 3 aromatic heterocycles. The summed E-state index contributed by atoms with van der Waals surface area (Å²) in [6.45, 7) is 25.1. The highest BCUT2D eigenvalue weighted by molar-refractivity contribution is 6.25. The SMILES string of the molecule is CC(C)(C)c1cc(-c2c3ccccc3c(-c3cccc(-n4c5ccccc5c5ccccc54)c3)c3ccccc23)cc(C(C)(C)C)c1.CC(C)(C)c1ccc(-c2c3ccccc3c(-c3cccc(-n4c5ccccc5c5ccccc54)c3)c3ccccc23)cc1.Cc1cc(C)cc(-c2c3ccccc3c(-c3cccc(-n4c5ccccc5c5ccccc54)c3)c3ccccc23)c1. The third-order valence-electron chi connectivity index (χ3n) is 27.2. The van der Waals surface area contributed by atoms with E-state index in [4.69, 9.17) is 0 Å². The zero-order chi connectivity index (χ0) is 89.1. The molecule has 0 bridgehead atoms. The Morgan fingerprint density at radius 2 is 0.344 bits per heavy atom. The maximum Gasteiger partial charge on any atom is 0.0541 e. The molecule has 0 atom stereocenters. The monoisotopic (exact) mass is 1680 g/mol. The first kappa shape index (κ1) is 81.3. The number of fused-ring (bicyclic) bond motifs is 15. The van der Waals surface area contributed by atoms with Crippen LogP contribution in [-0.2, 0) is 16.2 Å².